The molecule has 22 nitrogen and oxygen atoms in total. The van der Waals surface area contributed by atoms with Gasteiger partial charge in [-0.1, -0.05) is 31.6 Å². The van der Waals surface area contributed by atoms with Gasteiger partial charge in [0.05, 0.1) is 49.7 Å². The molecule has 0 spiro atoms. The Morgan fingerprint density at radius 1 is 0.727 bits per heavy atom. The molecule has 66 heavy (non-hydrogen) atoms. The second-order valence-electron chi connectivity index (χ2n) is 14.7. The van der Waals surface area contributed by atoms with Crippen LogP contribution in [0.5, 0.6) is 0 Å². The fourth-order valence-electron chi connectivity index (χ4n) is 4.75. The largest absolute Gasteiger partial charge is 0.481 e. The van der Waals surface area contributed by atoms with Crippen LogP contribution in [0.3, 0.4) is 0 Å². The number of nitro groups is 1. The van der Waals surface area contributed by atoms with Crippen LogP contribution < -0.4 is 5.32 Å². The number of nitrogens with zero attached hydrogens (tertiary/aromatic N) is 2. The molecule has 6 N–H and O–H groups in total. The average molecular weight is 990 g/mol. The van der Waals surface area contributed by atoms with Crippen molar-refractivity contribution in [1.29, 1.82) is 0 Å². The minimum Gasteiger partial charge on any atom is -0.481 e. The van der Waals surface area contributed by atoms with E-state index in [1.165, 1.54) is 44.4 Å². The molecule has 1 heterocycles. The number of esters is 2. The molecule has 0 saturated carbocycles. The van der Waals surface area contributed by atoms with Crippen molar-refractivity contribution in [3.63, 3.8) is 0 Å². The first-order valence-corrected chi connectivity index (χ1v) is 23.8. The highest BCUT2D eigenvalue weighted by molar-refractivity contribution is 8.77. The number of nitrogens with one attached hydrogen (secondary N) is 1. The Hall–Kier alpha value is -3.27. The number of carbonyl (C=O) groups excluding carboxylic acids is 3. The zero-order valence-electron chi connectivity index (χ0n) is 39.6. The lowest BCUT2D eigenvalue weighted by Crippen LogP contribution is -2.30. The van der Waals surface area contributed by atoms with E-state index >= 15 is 0 Å². The minimum atomic E-state index is -0.945. The van der Waals surface area contributed by atoms with Crippen LogP contribution in [-0.4, -0.2) is 169 Å². The molecule has 0 radical (unpaired) electrons. The molecule has 1 aromatic rings. The van der Waals surface area contributed by atoms with Gasteiger partial charge in [-0.3, -0.25) is 29.3 Å². The second kappa shape index (κ2) is 40.8. The highest BCUT2D eigenvalue weighted by Crippen LogP contribution is 2.42. The molecule has 6 atom stereocenters. The number of aliphatic hydroxyl groups is 4. The van der Waals surface area contributed by atoms with Gasteiger partial charge in [0.25, 0.3) is 5.69 Å². The highest BCUT2D eigenvalue weighted by atomic mass is 33.1. The molecular weight excluding hydrogens is 915 g/mol. The topological polar surface area (TPSA) is 311 Å². The SMILES string of the molecule is CCC(CO)OC(CO)OC.CCC(CO)OC(COC(=O)CCCC(=O)NCCCC(C)(C)SSc1ccc([N+](=O)[O-])cn1)OC.CCC(CO)OC(COC(=O)CCCC(=O)O)OC. The summed E-state index contributed by atoms with van der Waals surface area (Å²) in [6.45, 7) is 9.65. The monoisotopic (exact) mass is 989 g/mol. The van der Waals surface area contributed by atoms with Crippen LogP contribution in [0.25, 0.3) is 0 Å². The Labute approximate surface area is 396 Å². The fraction of sp³-hybridized carbons (Fsp3) is 0.786. The minimum absolute atomic E-state index is 0.0371. The number of carbonyl (C=O) groups is 4. The van der Waals surface area contributed by atoms with E-state index in [4.69, 9.17) is 58.3 Å². The first-order chi connectivity index (χ1) is 31.4. The van der Waals surface area contributed by atoms with Gasteiger partial charge in [0.15, 0.2) is 18.9 Å². The average Bonchev–Trinajstić information content (AvgIpc) is 3.31. The Morgan fingerprint density at radius 3 is 1.58 bits per heavy atom. The first-order valence-electron chi connectivity index (χ1n) is 21.6. The summed E-state index contributed by atoms with van der Waals surface area (Å²) in [5, 5.41) is 58.2. The third-order valence-corrected chi connectivity index (χ3v) is 12.1. The lowest BCUT2D eigenvalue weighted by atomic mass is 10.1. The summed E-state index contributed by atoms with van der Waals surface area (Å²) in [5.41, 5.74) is -0.0371. The van der Waals surface area contributed by atoms with Crippen molar-refractivity contribution in [2.45, 2.75) is 152 Å². The predicted octanol–water partition coefficient (Wildman–Crippen LogP) is 4.16. The molecule has 24 heteroatoms. The summed E-state index contributed by atoms with van der Waals surface area (Å²) in [5.74, 6) is -2.00. The fourth-order valence-corrected chi connectivity index (χ4v) is 6.99. The zero-order valence-corrected chi connectivity index (χ0v) is 41.2. The molecule has 1 aromatic heterocycles. The van der Waals surface area contributed by atoms with Crippen molar-refractivity contribution in [3.8, 4) is 0 Å². The summed E-state index contributed by atoms with van der Waals surface area (Å²) in [4.78, 5) is 59.8. The third-order valence-electron chi connectivity index (χ3n) is 8.83. The van der Waals surface area contributed by atoms with Crippen LogP contribution in [0.2, 0.25) is 0 Å². The first kappa shape index (κ1) is 64.8. The molecule has 1 rings (SSSR count). The van der Waals surface area contributed by atoms with Crippen molar-refractivity contribution in [1.82, 2.24) is 10.3 Å². The van der Waals surface area contributed by atoms with E-state index in [9.17, 15) is 34.4 Å². The maximum Gasteiger partial charge on any atom is 0.305 e. The molecule has 0 saturated heterocycles. The Kier molecular flexibility index (Phi) is 40.0. The molecule has 0 bridgehead atoms. The molecule has 0 aliphatic carbocycles. The number of rotatable bonds is 36. The van der Waals surface area contributed by atoms with Crippen LogP contribution in [0.1, 0.15) is 105 Å². The van der Waals surface area contributed by atoms with Crippen LogP contribution in [-0.2, 0) is 57.1 Å². The van der Waals surface area contributed by atoms with Gasteiger partial charge in [-0.2, -0.15) is 0 Å². The number of carboxylic acids is 1. The van der Waals surface area contributed by atoms with Crippen LogP contribution >= 0.6 is 21.6 Å². The van der Waals surface area contributed by atoms with Gasteiger partial charge in [0, 0.05) is 64.4 Å². The molecular formula is C42H75N3O19S2. The molecule has 0 aromatic carbocycles. The molecule has 0 aliphatic rings. The number of carboxylic acid groups (broad SMARTS) is 1. The summed E-state index contributed by atoms with van der Waals surface area (Å²) in [6, 6.07) is 3.06. The van der Waals surface area contributed by atoms with Gasteiger partial charge in [-0.05, 0) is 75.7 Å². The summed E-state index contributed by atoms with van der Waals surface area (Å²) in [7, 11) is 7.38. The number of hydrogen-bond acceptors (Lipinski definition) is 21. The lowest BCUT2D eigenvalue weighted by Gasteiger charge is -2.22. The zero-order chi connectivity index (χ0) is 50.3. The number of methoxy groups -OCH3 is 3. The summed E-state index contributed by atoms with van der Waals surface area (Å²) >= 11 is 0. The van der Waals surface area contributed by atoms with Gasteiger partial charge in [0.2, 0.25) is 5.91 Å². The normalized spacial score (nSPS) is 13.9. The van der Waals surface area contributed by atoms with E-state index in [1.807, 2.05) is 20.8 Å². The molecule has 6 unspecified atom stereocenters. The van der Waals surface area contributed by atoms with Gasteiger partial charge >= 0.3 is 17.9 Å². The maximum absolute atomic E-state index is 12.0. The van der Waals surface area contributed by atoms with E-state index in [0.717, 1.165) is 12.8 Å². The number of aliphatic carboxylic acids is 1. The van der Waals surface area contributed by atoms with Gasteiger partial charge in [-0.15, -0.1) is 0 Å². The number of hydrogen-bond donors (Lipinski definition) is 6. The predicted molar refractivity (Wildman–Crippen MR) is 244 cm³/mol. The highest BCUT2D eigenvalue weighted by Gasteiger charge is 2.21. The molecule has 0 fully saturated rings. The van der Waals surface area contributed by atoms with Crippen molar-refractivity contribution < 1.29 is 87.5 Å². The quantitative estimate of drug-likeness (QED) is 0.0137. The van der Waals surface area contributed by atoms with E-state index in [0.29, 0.717) is 37.3 Å². The number of aliphatic hydroxyl groups excluding tert-OH is 4. The third kappa shape index (κ3) is 35.0. The standard InChI is InChI=1S/C23H37N3O8S2.C12H22O7.C7H16O4/c1-5-18(15-27)34-22(32-4)16-33-21(29)9-6-8-19(28)24-13-7-12-23(2,3)36-35-20-11-10-17(14-25-20)26(30)31;1-3-9(7-13)19-12(17-2)8-18-11(16)6-4-5-10(14)15;1-3-6(4-8)11-7(5-9)10-2/h10-11,14,18,22,27H,5-9,12-13,15-16H2,1-4H3,(H,24,28);9,12-13H,3-8H2,1-2H3,(H,14,15);6-9H,3-5H2,1-2H3. The van der Waals surface area contributed by atoms with E-state index in [1.54, 1.807) is 16.9 Å². The van der Waals surface area contributed by atoms with E-state index < -0.39 is 41.7 Å². The Morgan fingerprint density at radius 2 is 1.20 bits per heavy atom. The van der Waals surface area contributed by atoms with E-state index in [-0.39, 0.29) is 106 Å². The second-order valence-corrected chi connectivity index (χ2v) is 17.5. The molecule has 0 aliphatic heterocycles. The maximum atomic E-state index is 12.0. The van der Waals surface area contributed by atoms with Gasteiger partial charge < -0.3 is 68.7 Å². The van der Waals surface area contributed by atoms with Crippen LogP contribution in [0.15, 0.2) is 23.4 Å². The van der Waals surface area contributed by atoms with Crippen molar-refractivity contribution in [2.24, 2.45) is 0 Å². The Balaban J connectivity index is 0. The van der Waals surface area contributed by atoms with Crippen molar-refractivity contribution in [2.75, 3.05) is 67.5 Å². The van der Waals surface area contributed by atoms with Crippen LogP contribution in [0.4, 0.5) is 5.69 Å². The number of pyridine rings is 1. The number of amides is 1. The van der Waals surface area contributed by atoms with Crippen molar-refractivity contribution >= 4 is 51.1 Å². The summed E-state index contributed by atoms with van der Waals surface area (Å²) in [6.07, 6.45) is 2.63. The van der Waals surface area contributed by atoms with Gasteiger partial charge in [0.1, 0.15) is 24.4 Å². The molecule has 384 valence electrons. The van der Waals surface area contributed by atoms with E-state index in [2.05, 4.69) is 24.1 Å². The summed E-state index contributed by atoms with van der Waals surface area (Å²) < 4.78 is 40.7. The Bertz CT molecular complexity index is 1410. The van der Waals surface area contributed by atoms with Gasteiger partial charge in [-0.25, -0.2) is 4.98 Å². The lowest BCUT2D eigenvalue weighted by molar-refractivity contribution is -0.385. The van der Waals surface area contributed by atoms with Crippen LogP contribution in [0, 0.1) is 10.1 Å². The number of aromatic nitrogens is 1. The molecule has 1 amide bonds. The van der Waals surface area contributed by atoms with Crippen molar-refractivity contribution in [3.05, 3.63) is 28.4 Å². The smallest absolute Gasteiger partial charge is 0.305 e. The number of ether oxygens (including phenoxy) is 8.